The number of aromatic nitrogens is 2. The van der Waals surface area contributed by atoms with E-state index >= 15 is 0 Å². The fraction of sp³-hybridized carbons (Fsp3) is 0. The van der Waals surface area contributed by atoms with E-state index in [-0.39, 0.29) is 0 Å². The predicted octanol–water partition coefficient (Wildman–Crippen LogP) is 3.40. The van der Waals surface area contributed by atoms with Crippen molar-refractivity contribution in [2.45, 2.75) is 8.68 Å². The zero-order valence-electron chi connectivity index (χ0n) is 5.84. The lowest BCUT2D eigenvalue weighted by Gasteiger charge is -1.89. The van der Waals surface area contributed by atoms with E-state index < -0.39 is 0 Å². The fourth-order valence-corrected chi connectivity index (χ4v) is 4.30. The molecule has 2 aromatic rings. The minimum absolute atomic E-state index is 1.08. The third-order valence-corrected chi connectivity index (χ3v) is 5.62. The van der Waals surface area contributed by atoms with Gasteiger partial charge in [0, 0.05) is 23.2 Å². The van der Waals surface area contributed by atoms with Crippen LogP contribution in [0, 0.1) is 0 Å². The Balaban J connectivity index is 1.91. The molecule has 0 unspecified atom stereocenters. The summed E-state index contributed by atoms with van der Waals surface area (Å²) in [4.78, 5) is 8.31. The van der Waals surface area contributed by atoms with E-state index in [1.54, 1.807) is 44.3 Å². The summed E-state index contributed by atoms with van der Waals surface area (Å²) in [6, 6.07) is 0. The molecule has 12 heavy (non-hydrogen) atoms. The number of nitrogens with zero attached hydrogens (tertiary/aromatic N) is 2. The second-order valence-corrected chi connectivity index (χ2v) is 6.18. The summed E-state index contributed by atoms with van der Waals surface area (Å²) >= 11 is 3.31. The molecule has 0 aliphatic heterocycles. The summed E-state index contributed by atoms with van der Waals surface area (Å²) in [7, 11) is 3.31. The maximum Gasteiger partial charge on any atom is 0.160 e. The van der Waals surface area contributed by atoms with Gasteiger partial charge in [-0.2, -0.15) is 0 Å². The molecule has 0 spiro atoms. The highest BCUT2D eigenvalue weighted by molar-refractivity contribution is 8.77. The predicted molar refractivity (Wildman–Crippen MR) is 55.9 cm³/mol. The van der Waals surface area contributed by atoms with Crippen molar-refractivity contribution in [1.82, 2.24) is 9.97 Å². The molecule has 6 heteroatoms. The van der Waals surface area contributed by atoms with Crippen molar-refractivity contribution in [3.05, 3.63) is 23.2 Å². The van der Waals surface area contributed by atoms with Crippen LogP contribution in [0.15, 0.2) is 31.8 Å². The van der Waals surface area contributed by atoms with Gasteiger partial charge in [-0.1, -0.05) is 0 Å². The molecule has 0 fully saturated rings. The summed E-state index contributed by atoms with van der Waals surface area (Å²) in [5, 5.41) is 3.95. The second-order valence-electron chi connectivity index (χ2n) is 1.76. The monoisotopic (exact) mass is 232 g/mol. The number of rotatable bonds is 3. The van der Waals surface area contributed by atoms with Crippen molar-refractivity contribution in [2.24, 2.45) is 0 Å². The first kappa shape index (κ1) is 8.55. The topological polar surface area (TPSA) is 25.8 Å². The molecule has 0 aliphatic rings. The van der Waals surface area contributed by atoms with Gasteiger partial charge in [-0.3, -0.25) is 0 Å². The molecule has 0 saturated carbocycles. The average molecular weight is 232 g/mol. The van der Waals surface area contributed by atoms with Crippen molar-refractivity contribution in [2.75, 3.05) is 0 Å². The Kier molecular flexibility index (Phi) is 3.04. The highest BCUT2D eigenvalue weighted by Gasteiger charge is 2.00. The van der Waals surface area contributed by atoms with Crippen LogP contribution in [0.5, 0.6) is 0 Å². The van der Waals surface area contributed by atoms with Gasteiger partial charge in [-0.25, -0.2) is 9.97 Å². The lowest BCUT2D eigenvalue weighted by molar-refractivity contribution is 1.25. The normalized spacial score (nSPS) is 10.3. The first-order chi connectivity index (χ1) is 5.95. The average Bonchev–Trinajstić information content (AvgIpc) is 2.74. The summed E-state index contributed by atoms with van der Waals surface area (Å²) in [5.74, 6) is 0. The fourth-order valence-electron chi connectivity index (χ4n) is 0.574. The molecule has 0 radical (unpaired) electrons. The zero-order chi connectivity index (χ0) is 8.23. The van der Waals surface area contributed by atoms with E-state index in [1.807, 2.05) is 23.2 Å². The molecule has 0 atom stereocenters. The molecule has 2 heterocycles. The number of hydrogen-bond donors (Lipinski definition) is 0. The molecule has 0 aromatic carbocycles. The molecule has 0 amide bonds. The minimum Gasteiger partial charge on any atom is -0.237 e. The molecule has 0 bridgehead atoms. The van der Waals surface area contributed by atoms with Crippen LogP contribution in [0.3, 0.4) is 0 Å². The highest BCUT2D eigenvalue weighted by Crippen LogP contribution is 2.38. The zero-order valence-corrected chi connectivity index (χ0v) is 9.10. The summed E-state index contributed by atoms with van der Waals surface area (Å²) in [5.41, 5.74) is 0. The lowest BCUT2D eigenvalue weighted by atomic mass is 11.0. The molecular formula is C6H4N2S4. The Labute approximate surface area is 85.9 Å². The van der Waals surface area contributed by atoms with Crippen LogP contribution in [0.2, 0.25) is 0 Å². The maximum atomic E-state index is 4.15. The molecule has 2 aromatic heterocycles. The van der Waals surface area contributed by atoms with Crippen LogP contribution < -0.4 is 0 Å². The molecule has 2 nitrogen and oxygen atoms in total. The number of thiazole rings is 2. The Morgan fingerprint density at radius 3 is 1.75 bits per heavy atom. The van der Waals surface area contributed by atoms with E-state index in [2.05, 4.69) is 9.97 Å². The minimum atomic E-state index is 1.08. The first-order valence-corrected chi connectivity index (χ1v) is 6.99. The van der Waals surface area contributed by atoms with Gasteiger partial charge in [-0.15, -0.1) is 22.7 Å². The van der Waals surface area contributed by atoms with E-state index in [1.165, 1.54) is 0 Å². The second kappa shape index (κ2) is 4.27. The van der Waals surface area contributed by atoms with Crippen molar-refractivity contribution in [3.8, 4) is 0 Å². The highest BCUT2D eigenvalue weighted by atomic mass is 33.1. The van der Waals surface area contributed by atoms with Crippen LogP contribution in [-0.4, -0.2) is 9.97 Å². The molecule has 0 aliphatic carbocycles. The third-order valence-electron chi connectivity index (χ3n) is 1.00. The van der Waals surface area contributed by atoms with Crippen molar-refractivity contribution in [3.63, 3.8) is 0 Å². The summed E-state index contributed by atoms with van der Waals surface area (Å²) in [6.07, 6.45) is 3.63. The Bertz CT molecular complexity index is 281. The summed E-state index contributed by atoms with van der Waals surface area (Å²) in [6.45, 7) is 0. The maximum absolute atomic E-state index is 4.15. The first-order valence-electron chi connectivity index (χ1n) is 3.08. The Morgan fingerprint density at radius 1 is 0.917 bits per heavy atom. The number of hydrogen-bond acceptors (Lipinski definition) is 6. The van der Waals surface area contributed by atoms with Crippen LogP contribution in [0.1, 0.15) is 0 Å². The third kappa shape index (κ3) is 2.22. The van der Waals surface area contributed by atoms with Crippen LogP contribution in [0.4, 0.5) is 0 Å². The summed E-state index contributed by atoms with van der Waals surface area (Å²) < 4.78 is 2.16. The quantitative estimate of drug-likeness (QED) is 0.758. The lowest BCUT2D eigenvalue weighted by Crippen LogP contribution is -1.62. The van der Waals surface area contributed by atoms with Gasteiger partial charge in [-0.05, 0) is 21.6 Å². The molecule has 2 rings (SSSR count). The van der Waals surface area contributed by atoms with Crippen LogP contribution >= 0.6 is 44.3 Å². The largest absolute Gasteiger partial charge is 0.237 e. The van der Waals surface area contributed by atoms with Gasteiger partial charge in [0.25, 0.3) is 0 Å². The van der Waals surface area contributed by atoms with Crippen molar-refractivity contribution >= 4 is 44.3 Å². The van der Waals surface area contributed by atoms with Gasteiger partial charge in [0.1, 0.15) is 0 Å². The van der Waals surface area contributed by atoms with E-state index in [4.69, 9.17) is 0 Å². The van der Waals surface area contributed by atoms with Crippen LogP contribution in [0.25, 0.3) is 0 Å². The standard InChI is InChI=1S/C6H4N2S4/c1-3-9-5(7-1)11-12-6-8-2-4-10-6/h1-4H. The van der Waals surface area contributed by atoms with Gasteiger partial charge in [0.2, 0.25) is 0 Å². The van der Waals surface area contributed by atoms with Gasteiger partial charge >= 0.3 is 0 Å². The Hall–Kier alpha value is -0.0400. The van der Waals surface area contributed by atoms with Crippen molar-refractivity contribution in [1.29, 1.82) is 0 Å². The molecule has 62 valence electrons. The van der Waals surface area contributed by atoms with E-state index in [9.17, 15) is 0 Å². The Morgan fingerprint density at radius 2 is 1.42 bits per heavy atom. The molecular weight excluding hydrogens is 228 g/mol. The van der Waals surface area contributed by atoms with Gasteiger partial charge in [0.05, 0.1) is 0 Å². The molecule has 0 saturated heterocycles. The van der Waals surface area contributed by atoms with Gasteiger partial charge < -0.3 is 0 Å². The van der Waals surface area contributed by atoms with E-state index in [0.29, 0.717) is 0 Å². The smallest absolute Gasteiger partial charge is 0.160 e. The van der Waals surface area contributed by atoms with Crippen LogP contribution in [-0.2, 0) is 0 Å². The van der Waals surface area contributed by atoms with E-state index in [0.717, 1.165) is 8.68 Å². The van der Waals surface area contributed by atoms with Crippen molar-refractivity contribution < 1.29 is 0 Å². The van der Waals surface area contributed by atoms with Gasteiger partial charge in [0.15, 0.2) is 8.68 Å². The molecule has 0 N–H and O–H groups in total. The SMILES string of the molecule is c1csc(SSc2nccs2)n1.